The van der Waals surface area contributed by atoms with E-state index in [1.165, 1.54) is 11.1 Å². The van der Waals surface area contributed by atoms with Crippen LogP contribution in [0, 0.1) is 5.92 Å². The van der Waals surface area contributed by atoms with Crippen LogP contribution in [0.5, 0.6) is 0 Å². The lowest BCUT2D eigenvalue weighted by atomic mass is 9.90. The van der Waals surface area contributed by atoms with Crippen molar-refractivity contribution >= 4 is 0 Å². The molecule has 0 aromatic rings. The summed E-state index contributed by atoms with van der Waals surface area (Å²) in [6.45, 7) is 6.57. The van der Waals surface area contributed by atoms with E-state index in [0.29, 0.717) is 5.92 Å². The van der Waals surface area contributed by atoms with Gasteiger partial charge in [0.25, 0.3) is 0 Å². The van der Waals surface area contributed by atoms with Crippen molar-refractivity contribution in [1.29, 1.82) is 0 Å². The minimum Gasteiger partial charge on any atom is -0.402 e. The highest BCUT2D eigenvalue weighted by Crippen LogP contribution is 2.25. The van der Waals surface area contributed by atoms with E-state index in [2.05, 4.69) is 26.8 Å². The molecule has 62 valence electrons. The molecule has 2 N–H and O–H groups in total. The summed E-state index contributed by atoms with van der Waals surface area (Å²) in [6.07, 6.45) is 4.44. The first-order valence-electron chi connectivity index (χ1n) is 4.27. The van der Waals surface area contributed by atoms with Gasteiger partial charge in [-0.2, -0.15) is 0 Å². The lowest BCUT2D eigenvalue weighted by molar-refractivity contribution is 0.692. The summed E-state index contributed by atoms with van der Waals surface area (Å²) in [6, 6.07) is 0. The van der Waals surface area contributed by atoms with Crippen molar-refractivity contribution in [3.05, 3.63) is 22.9 Å². The van der Waals surface area contributed by atoms with Gasteiger partial charge in [0.05, 0.1) is 0 Å². The molecular formula is C10H17N. The summed E-state index contributed by atoms with van der Waals surface area (Å²) < 4.78 is 0. The van der Waals surface area contributed by atoms with Crippen molar-refractivity contribution < 1.29 is 0 Å². The molecule has 0 amide bonds. The lowest BCUT2D eigenvalue weighted by Gasteiger charge is -2.17. The van der Waals surface area contributed by atoms with Gasteiger partial charge in [-0.25, -0.2) is 0 Å². The van der Waals surface area contributed by atoms with E-state index < -0.39 is 0 Å². The predicted molar refractivity (Wildman–Crippen MR) is 49.0 cm³/mol. The number of allylic oxidation sites excluding steroid dienone is 4. The largest absolute Gasteiger partial charge is 0.402 e. The molecule has 0 bridgehead atoms. The van der Waals surface area contributed by atoms with E-state index in [1.54, 1.807) is 0 Å². The van der Waals surface area contributed by atoms with Gasteiger partial charge in [-0.3, -0.25) is 0 Å². The van der Waals surface area contributed by atoms with Gasteiger partial charge in [0.15, 0.2) is 0 Å². The molecule has 0 aromatic carbocycles. The van der Waals surface area contributed by atoms with Gasteiger partial charge in [-0.05, 0) is 31.3 Å². The first-order chi connectivity index (χ1) is 5.11. The van der Waals surface area contributed by atoms with Crippen LogP contribution in [-0.2, 0) is 0 Å². The molecule has 1 heteroatoms. The smallest absolute Gasteiger partial charge is 0.0113 e. The standard InChI is InChI=1S/C10H17N/c1-7(2)9-4-5-10(11)8(3)6-9/h6-7H,4-5,11H2,1-3H3. The van der Waals surface area contributed by atoms with E-state index in [4.69, 9.17) is 5.73 Å². The van der Waals surface area contributed by atoms with Crippen molar-refractivity contribution in [3.8, 4) is 0 Å². The molecule has 1 rings (SSSR count). The molecule has 0 unspecified atom stereocenters. The Morgan fingerprint density at radius 3 is 2.45 bits per heavy atom. The van der Waals surface area contributed by atoms with Gasteiger partial charge in [0, 0.05) is 5.70 Å². The van der Waals surface area contributed by atoms with E-state index in [0.717, 1.165) is 18.5 Å². The zero-order chi connectivity index (χ0) is 8.43. The minimum atomic E-state index is 0.679. The van der Waals surface area contributed by atoms with Gasteiger partial charge in [0.2, 0.25) is 0 Å². The molecule has 1 aliphatic carbocycles. The Kier molecular flexibility index (Phi) is 2.38. The Labute approximate surface area is 69.0 Å². The Morgan fingerprint density at radius 2 is 2.00 bits per heavy atom. The maximum Gasteiger partial charge on any atom is 0.0113 e. The Balaban J connectivity index is 2.81. The van der Waals surface area contributed by atoms with Crippen molar-refractivity contribution in [2.45, 2.75) is 33.6 Å². The highest BCUT2D eigenvalue weighted by atomic mass is 14.6. The number of rotatable bonds is 1. The molecule has 11 heavy (non-hydrogen) atoms. The summed E-state index contributed by atoms with van der Waals surface area (Å²) in [5.41, 5.74) is 9.64. The van der Waals surface area contributed by atoms with Crippen molar-refractivity contribution in [2.75, 3.05) is 0 Å². The highest BCUT2D eigenvalue weighted by Gasteiger charge is 2.09. The maximum absolute atomic E-state index is 5.78. The molecule has 0 spiro atoms. The Hall–Kier alpha value is -0.720. The van der Waals surface area contributed by atoms with Gasteiger partial charge in [-0.1, -0.05) is 25.5 Å². The highest BCUT2D eigenvalue weighted by molar-refractivity contribution is 5.31. The fourth-order valence-electron chi connectivity index (χ4n) is 1.37. The van der Waals surface area contributed by atoms with E-state index in [9.17, 15) is 0 Å². The van der Waals surface area contributed by atoms with E-state index in [1.807, 2.05) is 0 Å². The second-order valence-electron chi connectivity index (χ2n) is 3.58. The molecular weight excluding hydrogens is 134 g/mol. The zero-order valence-corrected chi connectivity index (χ0v) is 7.65. The SMILES string of the molecule is CC1=C(N)CCC(C(C)C)=C1. The number of hydrogen-bond acceptors (Lipinski definition) is 1. The molecule has 1 aliphatic rings. The fourth-order valence-corrected chi connectivity index (χ4v) is 1.37. The van der Waals surface area contributed by atoms with Crippen LogP contribution < -0.4 is 5.73 Å². The molecule has 0 saturated carbocycles. The average molecular weight is 151 g/mol. The van der Waals surface area contributed by atoms with Crippen molar-refractivity contribution in [3.63, 3.8) is 0 Å². The maximum atomic E-state index is 5.78. The topological polar surface area (TPSA) is 26.0 Å². The summed E-state index contributed by atoms with van der Waals surface area (Å²) in [7, 11) is 0. The van der Waals surface area contributed by atoms with Crippen LogP contribution in [-0.4, -0.2) is 0 Å². The Bertz CT molecular complexity index is 209. The third-order valence-corrected chi connectivity index (χ3v) is 2.33. The molecule has 0 fully saturated rings. The second-order valence-corrected chi connectivity index (χ2v) is 3.58. The molecule has 0 aromatic heterocycles. The van der Waals surface area contributed by atoms with Crippen LogP contribution in [0.1, 0.15) is 33.6 Å². The number of nitrogens with two attached hydrogens (primary N) is 1. The lowest BCUT2D eigenvalue weighted by Crippen LogP contribution is -2.08. The van der Waals surface area contributed by atoms with Crippen LogP contribution in [0.3, 0.4) is 0 Å². The normalized spacial score (nSPS) is 19.1. The Morgan fingerprint density at radius 1 is 1.36 bits per heavy atom. The van der Waals surface area contributed by atoms with Crippen molar-refractivity contribution in [2.24, 2.45) is 11.7 Å². The van der Waals surface area contributed by atoms with Crippen LogP contribution in [0.25, 0.3) is 0 Å². The zero-order valence-electron chi connectivity index (χ0n) is 7.65. The summed E-state index contributed by atoms with van der Waals surface area (Å²) in [5, 5.41) is 0. The molecule has 0 radical (unpaired) electrons. The van der Waals surface area contributed by atoms with Crippen molar-refractivity contribution in [1.82, 2.24) is 0 Å². The first kappa shape index (κ1) is 8.38. The van der Waals surface area contributed by atoms with Gasteiger partial charge in [0.1, 0.15) is 0 Å². The number of hydrogen-bond donors (Lipinski definition) is 1. The molecule has 0 heterocycles. The van der Waals surface area contributed by atoms with Gasteiger partial charge < -0.3 is 5.73 Å². The van der Waals surface area contributed by atoms with Crippen LogP contribution in [0.15, 0.2) is 22.9 Å². The third kappa shape index (κ3) is 1.86. The molecule has 0 saturated heterocycles. The summed E-state index contributed by atoms with van der Waals surface area (Å²) >= 11 is 0. The van der Waals surface area contributed by atoms with E-state index in [-0.39, 0.29) is 0 Å². The fraction of sp³-hybridized carbons (Fsp3) is 0.600. The predicted octanol–water partition coefficient (Wildman–Crippen LogP) is 2.60. The summed E-state index contributed by atoms with van der Waals surface area (Å²) in [5.74, 6) is 0.679. The summed E-state index contributed by atoms with van der Waals surface area (Å²) in [4.78, 5) is 0. The molecule has 0 atom stereocenters. The van der Waals surface area contributed by atoms with E-state index >= 15 is 0 Å². The minimum absolute atomic E-state index is 0.679. The molecule has 0 aliphatic heterocycles. The second kappa shape index (κ2) is 3.12. The van der Waals surface area contributed by atoms with Crippen LogP contribution in [0.2, 0.25) is 0 Å². The third-order valence-electron chi connectivity index (χ3n) is 2.33. The van der Waals surface area contributed by atoms with Gasteiger partial charge in [-0.15, -0.1) is 0 Å². The molecule has 1 nitrogen and oxygen atoms in total. The van der Waals surface area contributed by atoms with Crippen LogP contribution in [0.4, 0.5) is 0 Å². The monoisotopic (exact) mass is 151 g/mol. The van der Waals surface area contributed by atoms with Crippen LogP contribution >= 0.6 is 0 Å². The average Bonchev–Trinajstić information content (AvgIpc) is 1.94. The quantitative estimate of drug-likeness (QED) is 0.612. The first-order valence-corrected chi connectivity index (χ1v) is 4.27. The van der Waals surface area contributed by atoms with Gasteiger partial charge >= 0.3 is 0 Å².